The number of hydrogen-bond acceptors (Lipinski definition) is 4. The van der Waals surface area contributed by atoms with Crippen molar-refractivity contribution in [3.05, 3.63) is 57.3 Å². The van der Waals surface area contributed by atoms with Crippen molar-refractivity contribution >= 4 is 49.1 Å². The molecule has 1 aliphatic heterocycles. The molecule has 2 heterocycles. The van der Waals surface area contributed by atoms with E-state index in [1.807, 2.05) is 37.5 Å². The molecular formula is C24H28ClN3O3S2. The Morgan fingerprint density at radius 2 is 1.88 bits per heavy atom. The van der Waals surface area contributed by atoms with E-state index in [9.17, 15) is 13.2 Å². The number of thiazole rings is 1. The highest BCUT2D eigenvalue weighted by molar-refractivity contribution is 7.89. The average Bonchev–Trinajstić information content (AvgIpc) is 3.20. The lowest BCUT2D eigenvalue weighted by molar-refractivity contribution is 0.0997. The third-order valence-corrected chi connectivity index (χ3v) is 9.75. The maximum atomic E-state index is 13.2. The molecule has 1 atom stereocenters. The summed E-state index contributed by atoms with van der Waals surface area (Å²) in [6.45, 7) is 7.22. The van der Waals surface area contributed by atoms with Crippen LogP contribution in [0.15, 0.2) is 46.3 Å². The van der Waals surface area contributed by atoms with Gasteiger partial charge < -0.3 is 4.57 Å². The minimum Gasteiger partial charge on any atom is -0.316 e. The molecule has 176 valence electrons. The summed E-state index contributed by atoms with van der Waals surface area (Å²) in [4.78, 5) is 18.1. The van der Waals surface area contributed by atoms with Crippen LogP contribution in [0.3, 0.4) is 0 Å². The summed E-state index contributed by atoms with van der Waals surface area (Å²) in [6, 6.07) is 9.97. The van der Waals surface area contributed by atoms with Gasteiger partial charge in [-0.15, -0.1) is 0 Å². The summed E-state index contributed by atoms with van der Waals surface area (Å²) >= 11 is 7.76. The second-order valence-electron chi connectivity index (χ2n) is 8.29. The Kier molecular flexibility index (Phi) is 7.09. The standard InChI is InChI=1S/C24H28ClN3O3S2/c1-4-18-8-6-7-15-28(18)33(30,31)19-12-10-17(11-13-19)23(29)26-24-27(5-2)21-16(3)9-14-20(25)22(21)32-24/h9-14,18H,4-8,15H2,1-3H3. The maximum absolute atomic E-state index is 13.2. The summed E-state index contributed by atoms with van der Waals surface area (Å²) in [6.07, 6.45) is 3.62. The first kappa shape index (κ1) is 24.1. The molecule has 1 aromatic heterocycles. The number of carbonyl (C=O) groups excluding carboxylic acids is 1. The number of amides is 1. The Morgan fingerprint density at radius 3 is 2.55 bits per heavy atom. The van der Waals surface area contributed by atoms with Crippen LogP contribution in [0.25, 0.3) is 10.2 Å². The lowest BCUT2D eigenvalue weighted by Gasteiger charge is -2.34. The molecule has 0 radical (unpaired) electrons. The largest absolute Gasteiger partial charge is 0.316 e. The summed E-state index contributed by atoms with van der Waals surface area (Å²) in [7, 11) is -3.59. The molecule has 9 heteroatoms. The van der Waals surface area contributed by atoms with Gasteiger partial charge in [0.25, 0.3) is 5.91 Å². The predicted molar refractivity (Wildman–Crippen MR) is 133 cm³/mol. The lowest BCUT2D eigenvalue weighted by atomic mass is 10.0. The summed E-state index contributed by atoms with van der Waals surface area (Å²) in [5.41, 5.74) is 2.40. The van der Waals surface area contributed by atoms with Gasteiger partial charge in [-0.05, 0) is 69.0 Å². The van der Waals surface area contributed by atoms with Crippen LogP contribution in [0.5, 0.6) is 0 Å². The molecule has 33 heavy (non-hydrogen) atoms. The second kappa shape index (κ2) is 9.70. The van der Waals surface area contributed by atoms with E-state index in [4.69, 9.17) is 11.6 Å². The molecule has 0 aliphatic carbocycles. The number of aryl methyl sites for hydroxylation is 2. The topological polar surface area (TPSA) is 71.7 Å². The Hall–Kier alpha value is -2.00. The molecule has 2 aromatic carbocycles. The van der Waals surface area contributed by atoms with Gasteiger partial charge in [0.2, 0.25) is 10.0 Å². The molecule has 0 spiro atoms. The van der Waals surface area contributed by atoms with Gasteiger partial charge in [0.1, 0.15) is 0 Å². The van der Waals surface area contributed by atoms with E-state index < -0.39 is 15.9 Å². The molecule has 1 fully saturated rings. The van der Waals surface area contributed by atoms with Crippen LogP contribution in [0.1, 0.15) is 55.5 Å². The van der Waals surface area contributed by atoms with Crippen LogP contribution in [0, 0.1) is 6.92 Å². The summed E-state index contributed by atoms with van der Waals surface area (Å²) < 4.78 is 30.9. The quantitative estimate of drug-likeness (QED) is 0.467. The second-order valence-corrected chi connectivity index (χ2v) is 11.6. The van der Waals surface area contributed by atoms with E-state index >= 15 is 0 Å². The van der Waals surface area contributed by atoms with E-state index in [-0.39, 0.29) is 10.9 Å². The van der Waals surface area contributed by atoms with Gasteiger partial charge in [-0.2, -0.15) is 9.30 Å². The molecule has 0 bridgehead atoms. The first-order valence-electron chi connectivity index (χ1n) is 11.3. The zero-order chi connectivity index (χ0) is 23.8. The van der Waals surface area contributed by atoms with Gasteiger partial charge in [-0.25, -0.2) is 8.42 Å². The number of rotatable bonds is 5. The van der Waals surface area contributed by atoms with Crippen molar-refractivity contribution in [1.82, 2.24) is 8.87 Å². The molecule has 6 nitrogen and oxygen atoms in total. The lowest BCUT2D eigenvalue weighted by Crippen LogP contribution is -2.43. The van der Waals surface area contributed by atoms with Gasteiger partial charge >= 0.3 is 0 Å². The maximum Gasteiger partial charge on any atom is 0.279 e. The Labute approximate surface area is 203 Å². The van der Waals surface area contributed by atoms with Gasteiger partial charge in [0.15, 0.2) is 4.80 Å². The van der Waals surface area contributed by atoms with Crippen LogP contribution in [0.2, 0.25) is 5.02 Å². The predicted octanol–water partition coefficient (Wildman–Crippen LogP) is 5.38. The van der Waals surface area contributed by atoms with Gasteiger partial charge in [0.05, 0.1) is 20.1 Å². The Bertz CT molecular complexity index is 1360. The Balaban J connectivity index is 1.67. The van der Waals surface area contributed by atoms with Crippen molar-refractivity contribution in [2.75, 3.05) is 6.54 Å². The number of piperidine rings is 1. The van der Waals surface area contributed by atoms with E-state index in [0.29, 0.717) is 28.5 Å². The van der Waals surface area contributed by atoms with Crippen LogP contribution in [0.4, 0.5) is 0 Å². The van der Waals surface area contributed by atoms with Crippen molar-refractivity contribution in [1.29, 1.82) is 0 Å². The molecule has 1 aliphatic rings. The number of sulfonamides is 1. The molecule has 1 unspecified atom stereocenters. The number of benzene rings is 2. The van der Waals surface area contributed by atoms with Crippen molar-refractivity contribution in [2.24, 2.45) is 4.99 Å². The fraction of sp³-hybridized carbons (Fsp3) is 0.417. The smallest absolute Gasteiger partial charge is 0.279 e. The zero-order valence-electron chi connectivity index (χ0n) is 19.0. The highest BCUT2D eigenvalue weighted by Gasteiger charge is 2.32. The number of aromatic nitrogens is 1. The average molecular weight is 506 g/mol. The van der Waals surface area contributed by atoms with Crippen molar-refractivity contribution in [3.8, 4) is 0 Å². The molecular weight excluding hydrogens is 478 g/mol. The number of nitrogens with zero attached hydrogens (tertiary/aromatic N) is 3. The third kappa shape index (κ3) is 4.54. The molecule has 1 amide bonds. The number of halogens is 1. The van der Waals surface area contributed by atoms with Crippen LogP contribution >= 0.6 is 22.9 Å². The molecule has 3 aromatic rings. The highest BCUT2D eigenvalue weighted by atomic mass is 35.5. The number of fused-ring (bicyclic) bond motifs is 1. The van der Waals surface area contributed by atoms with E-state index in [1.54, 1.807) is 16.4 Å². The number of carbonyl (C=O) groups is 1. The minimum absolute atomic E-state index is 0.0350. The molecule has 0 saturated carbocycles. The van der Waals surface area contributed by atoms with E-state index in [2.05, 4.69) is 4.99 Å². The van der Waals surface area contributed by atoms with Gasteiger partial charge in [-0.1, -0.05) is 42.3 Å². The fourth-order valence-electron chi connectivity index (χ4n) is 4.45. The van der Waals surface area contributed by atoms with E-state index in [0.717, 1.165) is 41.5 Å². The summed E-state index contributed by atoms with van der Waals surface area (Å²) in [5.74, 6) is -0.411. The van der Waals surface area contributed by atoms with E-state index in [1.165, 1.54) is 23.5 Å². The van der Waals surface area contributed by atoms with Crippen LogP contribution in [-0.2, 0) is 16.6 Å². The molecule has 1 saturated heterocycles. The third-order valence-electron chi connectivity index (χ3n) is 6.24. The highest BCUT2D eigenvalue weighted by Crippen LogP contribution is 2.29. The monoisotopic (exact) mass is 505 g/mol. The van der Waals surface area contributed by atoms with Gasteiger partial charge in [-0.3, -0.25) is 4.79 Å². The van der Waals surface area contributed by atoms with Crippen LogP contribution < -0.4 is 4.80 Å². The van der Waals surface area contributed by atoms with Crippen molar-refractivity contribution < 1.29 is 13.2 Å². The zero-order valence-corrected chi connectivity index (χ0v) is 21.4. The Morgan fingerprint density at radius 1 is 1.15 bits per heavy atom. The van der Waals surface area contributed by atoms with Crippen molar-refractivity contribution in [2.45, 2.75) is 63.9 Å². The SMILES string of the molecule is CCC1CCCCN1S(=O)(=O)c1ccc(C(=O)N=c2sc3c(Cl)ccc(C)c3n2CC)cc1. The molecule has 0 N–H and O–H groups in total. The van der Waals surface area contributed by atoms with Gasteiger partial charge in [0, 0.05) is 24.7 Å². The van der Waals surface area contributed by atoms with Crippen LogP contribution in [-0.4, -0.2) is 35.8 Å². The first-order chi connectivity index (χ1) is 15.8. The summed E-state index contributed by atoms with van der Waals surface area (Å²) in [5, 5.41) is 0.634. The molecule has 4 rings (SSSR count). The minimum atomic E-state index is -3.59. The fourth-order valence-corrected chi connectivity index (χ4v) is 7.66. The first-order valence-corrected chi connectivity index (χ1v) is 13.9. The normalized spacial score (nSPS) is 18.2. The number of hydrogen-bond donors (Lipinski definition) is 0. The van der Waals surface area contributed by atoms with Crippen molar-refractivity contribution in [3.63, 3.8) is 0 Å².